The summed E-state index contributed by atoms with van der Waals surface area (Å²) < 4.78 is 0. The maximum absolute atomic E-state index is 13.1. The first kappa shape index (κ1) is 21.0. The third-order valence-corrected chi connectivity index (χ3v) is 7.93. The van der Waals surface area contributed by atoms with Crippen molar-refractivity contribution < 1.29 is 9.59 Å². The van der Waals surface area contributed by atoms with Crippen LogP contribution in [0.5, 0.6) is 0 Å². The van der Waals surface area contributed by atoms with E-state index < -0.39 is 0 Å². The molecule has 0 N–H and O–H groups in total. The second-order valence-electron chi connectivity index (χ2n) is 9.82. The summed E-state index contributed by atoms with van der Waals surface area (Å²) in [7, 11) is 0. The van der Waals surface area contributed by atoms with E-state index in [-0.39, 0.29) is 5.91 Å². The van der Waals surface area contributed by atoms with Gasteiger partial charge in [0.1, 0.15) is 0 Å². The van der Waals surface area contributed by atoms with Crippen molar-refractivity contribution in [3.05, 3.63) is 29.8 Å². The van der Waals surface area contributed by atoms with E-state index in [9.17, 15) is 9.59 Å². The predicted molar refractivity (Wildman–Crippen MR) is 122 cm³/mol. The Labute approximate surface area is 186 Å². The first-order valence-electron chi connectivity index (χ1n) is 12.3. The summed E-state index contributed by atoms with van der Waals surface area (Å²) >= 11 is 0. The number of nitrogens with zero attached hydrogens (tertiary/aromatic N) is 4. The van der Waals surface area contributed by atoms with Gasteiger partial charge in [-0.2, -0.15) is 0 Å². The number of hydrogen-bond donors (Lipinski definition) is 0. The third-order valence-electron chi connectivity index (χ3n) is 7.93. The average Bonchev–Trinajstić information content (AvgIpc) is 3.24. The van der Waals surface area contributed by atoms with Crippen LogP contribution in [-0.4, -0.2) is 84.9 Å². The molecule has 1 aromatic rings. The Morgan fingerprint density at radius 2 is 1.45 bits per heavy atom. The van der Waals surface area contributed by atoms with Gasteiger partial charge < -0.3 is 9.80 Å². The summed E-state index contributed by atoms with van der Waals surface area (Å²) in [6.45, 7) is 6.24. The van der Waals surface area contributed by atoms with E-state index in [0.29, 0.717) is 25.0 Å². The zero-order valence-electron chi connectivity index (χ0n) is 18.7. The lowest BCUT2D eigenvalue weighted by Crippen LogP contribution is -2.55. The van der Waals surface area contributed by atoms with Crippen LogP contribution in [0.2, 0.25) is 0 Å². The lowest BCUT2D eigenvalue weighted by atomic mass is 9.78. The summed E-state index contributed by atoms with van der Waals surface area (Å²) in [5, 5.41) is 0. The fourth-order valence-corrected chi connectivity index (χ4v) is 6.20. The number of carbonyl (C=O) groups is 2. The Morgan fingerprint density at radius 3 is 2.26 bits per heavy atom. The van der Waals surface area contributed by atoms with Crippen molar-refractivity contribution in [1.82, 2.24) is 14.7 Å². The molecule has 168 valence electrons. The van der Waals surface area contributed by atoms with Crippen LogP contribution >= 0.6 is 0 Å². The first-order chi connectivity index (χ1) is 15.2. The molecule has 2 unspecified atom stereocenters. The maximum atomic E-state index is 13.1. The Balaban J connectivity index is 1.09. The quantitative estimate of drug-likeness (QED) is 0.745. The highest BCUT2D eigenvalue weighted by Crippen LogP contribution is 2.35. The SMILES string of the molecule is O=C(CN1CCN(CC(=O)N2CCCC3CCCCC32)CC1)N1CCc2ccccc21. The van der Waals surface area contributed by atoms with E-state index in [1.54, 1.807) is 0 Å². The third kappa shape index (κ3) is 4.51. The Bertz CT molecular complexity index is 802. The number of rotatable bonds is 4. The summed E-state index contributed by atoms with van der Waals surface area (Å²) in [6.07, 6.45) is 8.56. The number of benzene rings is 1. The number of hydrogen-bond acceptors (Lipinski definition) is 4. The van der Waals surface area contributed by atoms with Crippen molar-refractivity contribution in [2.45, 2.75) is 51.0 Å². The number of amides is 2. The van der Waals surface area contributed by atoms with E-state index in [4.69, 9.17) is 0 Å². The largest absolute Gasteiger partial charge is 0.338 e. The van der Waals surface area contributed by atoms with Crippen LogP contribution in [0.15, 0.2) is 24.3 Å². The minimum absolute atomic E-state index is 0.200. The smallest absolute Gasteiger partial charge is 0.241 e. The summed E-state index contributed by atoms with van der Waals surface area (Å²) in [6, 6.07) is 8.73. The van der Waals surface area contributed by atoms with Crippen LogP contribution in [0, 0.1) is 5.92 Å². The molecule has 2 saturated heterocycles. The highest BCUT2D eigenvalue weighted by molar-refractivity contribution is 5.96. The number of piperidine rings is 1. The van der Waals surface area contributed by atoms with Gasteiger partial charge >= 0.3 is 0 Å². The van der Waals surface area contributed by atoms with Crippen LogP contribution in [0.4, 0.5) is 5.69 Å². The van der Waals surface area contributed by atoms with Crippen molar-refractivity contribution in [3.8, 4) is 0 Å². The minimum Gasteiger partial charge on any atom is -0.338 e. The van der Waals surface area contributed by atoms with Gasteiger partial charge in [-0.15, -0.1) is 0 Å². The van der Waals surface area contributed by atoms with Gasteiger partial charge in [0.15, 0.2) is 0 Å². The average molecular weight is 425 g/mol. The fourth-order valence-electron chi connectivity index (χ4n) is 6.20. The molecule has 6 nitrogen and oxygen atoms in total. The molecule has 1 aliphatic carbocycles. The van der Waals surface area contributed by atoms with E-state index in [2.05, 4.69) is 26.8 Å². The molecule has 3 aliphatic heterocycles. The Morgan fingerprint density at radius 1 is 0.774 bits per heavy atom. The molecule has 3 heterocycles. The minimum atomic E-state index is 0.200. The van der Waals surface area contributed by atoms with E-state index >= 15 is 0 Å². The van der Waals surface area contributed by atoms with Crippen molar-refractivity contribution in [2.75, 3.05) is 57.3 Å². The predicted octanol–water partition coefficient (Wildman–Crippen LogP) is 2.37. The van der Waals surface area contributed by atoms with Gasteiger partial charge in [0.25, 0.3) is 0 Å². The van der Waals surface area contributed by atoms with Gasteiger partial charge in [0.05, 0.1) is 13.1 Å². The molecule has 0 bridgehead atoms. The number of likely N-dealkylation sites (tertiary alicyclic amines) is 1. The molecule has 0 radical (unpaired) electrons. The molecule has 31 heavy (non-hydrogen) atoms. The molecular weight excluding hydrogens is 388 g/mol. The topological polar surface area (TPSA) is 47.1 Å². The van der Waals surface area contributed by atoms with E-state index in [1.165, 1.54) is 44.1 Å². The summed E-state index contributed by atoms with van der Waals surface area (Å²) in [5.74, 6) is 1.27. The molecule has 3 fully saturated rings. The van der Waals surface area contributed by atoms with Crippen LogP contribution in [0.1, 0.15) is 44.1 Å². The Kier molecular flexibility index (Phi) is 6.28. The highest BCUT2D eigenvalue weighted by atomic mass is 16.2. The lowest BCUT2D eigenvalue weighted by Gasteiger charge is -2.45. The fraction of sp³-hybridized carbons (Fsp3) is 0.680. The van der Waals surface area contributed by atoms with Gasteiger partial charge in [0.2, 0.25) is 11.8 Å². The zero-order chi connectivity index (χ0) is 21.2. The van der Waals surface area contributed by atoms with Gasteiger partial charge in [0, 0.05) is 51.0 Å². The van der Waals surface area contributed by atoms with Crippen LogP contribution in [-0.2, 0) is 16.0 Å². The van der Waals surface area contributed by atoms with E-state index in [1.807, 2.05) is 17.0 Å². The van der Waals surface area contributed by atoms with Crippen molar-refractivity contribution in [3.63, 3.8) is 0 Å². The van der Waals surface area contributed by atoms with Crippen molar-refractivity contribution in [2.24, 2.45) is 5.92 Å². The zero-order valence-corrected chi connectivity index (χ0v) is 18.7. The number of carbonyl (C=O) groups excluding carboxylic acids is 2. The summed E-state index contributed by atoms with van der Waals surface area (Å²) in [5.41, 5.74) is 2.36. The van der Waals surface area contributed by atoms with Crippen LogP contribution in [0.25, 0.3) is 0 Å². The molecular formula is C25H36N4O2. The molecule has 0 aromatic heterocycles. The molecule has 2 amide bonds. The molecule has 0 spiro atoms. The molecule has 6 heteroatoms. The number of para-hydroxylation sites is 1. The molecule has 1 saturated carbocycles. The van der Waals surface area contributed by atoms with Gasteiger partial charge in [-0.1, -0.05) is 31.0 Å². The first-order valence-corrected chi connectivity index (χ1v) is 12.3. The lowest BCUT2D eigenvalue weighted by molar-refractivity contribution is -0.139. The monoisotopic (exact) mass is 424 g/mol. The summed E-state index contributed by atoms with van der Waals surface area (Å²) in [4.78, 5) is 34.7. The second kappa shape index (κ2) is 9.29. The van der Waals surface area contributed by atoms with Crippen LogP contribution < -0.4 is 4.90 Å². The van der Waals surface area contributed by atoms with Crippen LogP contribution in [0.3, 0.4) is 0 Å². The van der Waals surface area contributed by atoms with Crippen molar-refractivity contribution in [1.29, 1.82) is 0 Å². The Hall–Kier alpha value is -1.92. The normalized spacial score (nSPS) is 27.1. The standard InChI is InChI=1S/C25H36N4O2/c30-24(28-12-5-8-20-6-1-3-9-22(20)28)18-26-14-16-27(17-15-26)19-25(31)29-13-11-21-7-2-4-10-23(21)29/h2,4,7,10,20,22H,1,3,5-6,8-9,11-19H2. The van der Waals surface area contributed by atoms with E-state index in [0.717, 1.165) is 57.3 Å². The number of fused-ring (bicyclic) bond motifs is 2. The van der Waals surface area contributed by atoms with Gasteiger partial charge in [-0.3, -0.25) is 19.4 Å². The van der Waals surface area contributed by atoms with Gasteiger partial charge in [-0.05, 0) is 49.7 Å². The van der Waals surface area contributed by atoms with Crippen molar-refractivity contribution >= 4 is 17.5 Å². The molecule has 5 rings (SSSR count). The highest BCUT2D eigenvalue weighted by Gasteiger charge is 2.36. The number of anilines is 1. The van der Waals surface area contributed by atoms with Gasteiger partial charge in [-0.25, -0.2) is 0 Å². The second-order valence-corrected chi connectivity index (χ2v) is 9.82. The maximum Gasteiger partial charge on any atom is 0.241 e. The number of piperazine rings is 1. The molecule has 1 aromatic carbocycles. The molecule has 2 atom stereocenters. The molecule has 4 aliphatic rings.